The van der Waals surface area contributed by atoms with Crippen molar-refractivity contribution in [2.45, 2.75) is 63.1 Å². The molecule has 200 valence electrons. The van der Waals surface area contributed by atoms with Crippen molar-refractivity contribution in [3.63, 3.8) is 0 Å². The van der Waals surface area contributed by atoms with Crippen LogP contribution in [0.5, 0.6) is 0 Å². The monoisotopic (exact) mass is 516 g/mol. The van der Waals surface area contributed by atoms with Gasteiger partial charge in [0.2, 0.25) is 0 Å². The predicted molar refractivity (Wildman–Crippen MR) is 144 cm³/mol. The van der Waals surface area contributed by atoms with Crippen LogP contribution in [0.4, 0.5) is 0 Å². The first-order chi connectivity index (χ1) is 18.8. The molecule has 0 bridgehead atoms. The van der Waals surface area contributed by atoms with Crippen LogP contribution in [0.15, 0.2) is 104 Å². The Hall–Kier alpha value is -2.84. The van der Waals surface area contributed by atoms with Crippen LogP contribution in [0.1, 0.15) is 35.8 Å². The molecule has 2 heterocycles. The highest BCUT2D eigenvalue weighted by atomic mass is 16.8. The summed E-state index contributed by atoms with van der Waals surface area (Å²) < 4.78 is 38.4. The average molecular weight is 517 g/mol. The average Bonchev–Trinajstić information content (AvgIpc) is 2.98. The summed E-state index contributed by atoms with van der Waals surface area (Å²) in [7, 11) is 0. The van der Waals surface area contributed by atoms with E-state index in [0.29, 0.717) is 26.4 Å². The number of allylic oxidation sites excluding steroid dienone is 1. The van der Waals surface area contributed by atoms with Gasteiger partial charge in [-0.1, -0.05) is 97.1 Å². The normalized spacial score (nSPS) is 26.9. The fourth-order valence-electron chi connectivity index (χ4n) is 4.79. The lowest BCUT2D eigenvalue weighted by atomic mass is 9.97. The van der Waals surface area contributed by atoms with Crippen LogP contribution in [-0.2, 0) is 41.6 Å². The lowest BCUT2D eigenvalue weighted by Crippen LogP contribution is -2.63. The molecule has 0 aromatic heterocycles. The third-order valence-corrected chi connectivity index (χ3v) is 6.76. The second-order valence-electron chi connectivity index (χ2n) is 9.54. The molecule has 0 N–H and O–H groups in total. The van der Waals surface area contributed by atoms with Crippen molar-refractivity contribution in [3.8, 4) is 0 Å². The molecule has 3 aromatic carbocycles. The van der Waals surface area contributed by atoms with Crippen LogP contribution >= 0.6 is 0 Å². The second kappa shape index (κ2) is 13.8. The number of rotatable bonds is 12. The molecule has 0 aliphatic carbocycles. The number of benzene rings is 3. The number of fused-ring (bicyclic) bond motifs is 1. The van der Waals surface area contributed by atoms with Crippen LogP contribution in [-0.4, -0.2) is 43.9 Å². The summed E-state index contributed by atoms with van der Waals surface area (Å²) in [6.45, 7) is 5.53. The van der Waals surface area contributed by atoms with E-state index in [4.69, 9.17) is 28.4 Å². The van der Waals surface area contributed by atoms with Gasteiger partial charge in [0.25, 0.3) is 0 Å². The van der Waals surface area contributed by atoms with Gasteiger partial charge in [-0.3, -0.25) is 0 Å². The predicted octanol–water partition coefficient (Wildman–Crippen LogP) is 5.98. The first kappa shape index (κ1) is 26.8. The van der Waals surface area contributed by atoms with E-state index < -0.39 is 30.9 Å². The van der Waals surface area contributed by atoms with E-state index in [1.807, 2.05) is 84.9 Å². The molecular weight excluding hydrogens is 480 g/mol. The van der Waals surface area contributed by atoms with Crippen molar-refractivity contribution in [1.29, 1.82) is 0 Å². The molecule has 1 unspecified atom stereocenters. The van der Waals surface area contributed by atoms with Gasteiger partial charge in [-0.05, 0) is 24.0 Å². The zero-order valence-corrected chi connectivity index (χ0v) is 21.6. The summed E-state index contributed by atoms with van der Waals surface area (Å²) in [5.74, 6) is 0. The Morgan fingerprint density at radius 1 is 0.737 bits per heavy atom. The van der Waals surface area contributed by atoms with Crippen LogP contribution < -0.4 is 0 Å². The molecule has 6 atom stereocenters. The highest BCUT2D eigenvalue weighted by Crippen LogP contribution is 2.37. The van der Waals surface area contributed by atoms with Gasteiger partial charge in [0.15, 0.2) is 12.6 Å². The minimum Gasteiger partial charge on any atom is -0.368 e. The lowest BCUT2D eigenvalue weighted by Gasteiger charge is -2.49. The van der Waals surface area contributed by atoms with Gasteiger partial charge in [-0.25, -0.2) is 0 Å². The summed E-state index contributed by atoms with van der Waals surface area (Å²) in [5.41, 5.74) is 3.10. The molecule has 5 rings (SSSR count). The molecule has 6 heteroatoms. The third-order valence-electron chi connectivity index (χ3n) is 6.76. The van der Waals surface area contributed by atoms with Crippen molar-refractivity contribution >= 4 is 0 Å². The van der Waals surface area contributed by atoms with Crippen molar-refractivity contribution in [3.05, 3.63) is 120 Å². The van der Waals surface area contributed by atoms with Gasteiger partial charge in [-0.15, -0.1) is 6.58 Å². The van der Waals surface area contributed by atoms with E-state index in [9.17, 15) is 0 Å². The van der Waals surface area contributed by atoms with E-state index in [2.05, 4.69) is 18.7 Å². The molecule has 0 radical (unpaired) electrons. The summed E-state index contributed by atoms with van der Waals surface area (Å²) in [6.07, 6.45) is 0.797. The quantitative estimate of drug-likeness (QED) is 0.218. The number of unbranched alkanes of at least 4 members (excludes halogenated alkanes) is 1. The molecule has 2 fully saturated rings. The molecule has 0 amide bonds. The van der Waals surface area contributed by atoms with Crippen LogP contribution in [0.2, 0.25) is 0 Å². The number of hydrogen-bond acceptors (Lipinski definition) is 6. The van der Waals surface area contributed by atoms with E-state index >= 15 is 0 Å². The number of ether oxygens (including phenoxy) is 6. The SMILES string of the molecule is C=CCCCO[C@@H]1O[C@@H]2COC(c3ccccc3)O[C@@H]2[C@H](OCc2ccccc2)[C@H]1OCc1ccccc1. The van der Waals surface area contributed by atoms with Gasteiger partial charge in [0, 0.05) is 5.56 Å². The summed E-state index contributed by atoms with van der Waals surface area (Å²) in [4.78, 5) is 0. The standard InChI is InChI=1S/C32H36O6/c1-2-3-13-20-33-32-30(35-22-25-16-9-5-10-17-25)29(34-21-24-14-7-4-8-15-24)28-27(37-32)23-36-31(38-28)26-18-11-6-12-19-26/h2,4-12,14-19,27-32H,1,3,13,20-23H2/t27-,28+,29+,30-,31?,32-/m1/s1. The minimum absolute atomic E-state index is 0.350. The molecule has 2 saturated heterocycles. The fraction of sp³-hybridized carbons (Fsp3) is 0.375. The van der Waals surface area contributed by atoms with Crippen LogP contribution in [0, 0.1) is 0 Å². The Balaban J connectivity index is 1.39. The highest BCUT2D eigenvalue weighted by Gasteiger charge is 2.51. The maximum absolute atomic E-state index is 6.60. The van der Waals surface area contributed by atoms with Gasteiger partial charge in [0.05, 0.1) is 26.4 Å². The van der Waals surface area contributed by atoms with Crippen molar-refractivity contribution in [2.24, 2.45) is 0 Å². The molecule has 6 nitrogen and oxygen atoms in total. The van der Waals surface area contributed by atoms with E-state index in [0.717, 1.165) is 29.5 Å². The molecule has 3 aromatic rings. The minimum atomic E-state index is -0.619. The second-order valence-corrected chi connectivity index (χ2v) is 9.54. The van der Waals surface area contributed by atoms with Gasteiger partial charge in [-0.2, -0.15) is 0 Å². The largest absolute Gasteiger partial charge is 0.368 e. The molecule has 38 heavy (non-hydrogen) atoms. The summed E-state index contributed by atoms with van der Waals surface area (Å²) in [6, 6.07) is 30.2. The summed E-state index contributed by atoms with van der Waals surface area (Å²) >= 11 is 0. The van der Waals surface area contributed by atoms with Crippen LogP contribution in [0.25, 0.3) is 0 Å². The van der Waals surface area contributed by atoms with E-state index in [1.165, 1.54) is 0 Å². The maximum atomic E-state index is 6.60. The molecule has 0 spiro atoms. The Bertz CT molecular complexity index is 1090. The zero-order chi connectivity index (χ0) is 26.0. The maximum Gasteiger partial charge on any atom is 0.186 e. The molecule has 2 aliphatic rings. The lowest BCUT2D eigenvalue weighted by molar-refractivity contribution is -0.372. The van der Waals surface area contributed by atoms with Crippen LogP contribution in [0.3, 0.4) is 0 Å². The number of hydrogen-bond donors (Lipinski definition) is 0. The Labute approximate surface area is 225 Å². The topological polar surface area (TPSA) is 55.4 Å². The third kappa shape index (κ3) is 6.97. The molecular formula is C32H36O6. The van der Waals surface area contributed by atoms with E-state index in [1.54, 1.807) is 0 Å². The van der Waals surface area contributed by atoms with Gasteiger partial charge < -0.3 is 28.4 Å². The Kier molecular flexibility index (Phi) is 9.72. The molecule has 0 saturated carbocycles. The van der Waals surface area contributed by atoms with E-state index in [-0.39, 0.29) is 6.10 Å². The Morgan fingerprint density at radius 2 is 1.34 bits per heavy atom. The van der Waals surface area contributed by atoms with Gasteiger partial charge >= 0.3 is 0 Å². The van der Waals surface area contributed by atoms with Gasteiger partial charge in [0.1, 0.15) is 24.4 Å². The highest BCUT2D eigenvalue weighted by molar-refractivity contribution is 5.17. The van der Waals surface area contributed by atoms with Crippen molar-refractivity contribution < 1.29 is 28.4 Å². The smallest absolute Gasteiger partial charge is 0.186 e. The first-order valence-corrected chi connectivity index (χ1v) is 13.3. The first-order valence-electron chi connectivity index (χ1n) is 13.3. The van der Waals surface area contributed by atoms with Crippen molar-refractivity contribution in [2.75, 3.05) is 13.2 Å². The zero-order valence-electron chi connectivity index (χ0n) is 21.6. The Morgan fingerprint density at radius 3 is 1.97 bits per heavy atom. The molecule has 2 aliphatic heterocycles. The van der Waals surface area contributed by atoms with Crippen molar-refractivity contribution in [1.82, 2.24) is 0 Å². The fourth-order valence-corrected chi connectivity index (χ4v) is 4.79. The summed E-state index contributed by atoms with van der Waals surface area (Å²) in [5, 5.41) is 0.